The van der Waals surface area contributed by atoms with Crippen molar-refractivity contribution in [3.63, 3.8) is 0 Å². The number of benzene rings is 1. The lowest BCUT2D eigenvalue weighted by Crippen LogP contribution is -2.27. The van der Waals surface area contributed by atoms with Crippen molar-refractivity contribution in [1.29, 1.82) is 0 Å². The molecule has 5 heteroatoms. The molecule has 1 aliphatic rings. The van der Waals surface area contributed by atoms with Crippen LogP contribution in [-0.4, -0.2) is 18.4 Å². The van der Waals surface area contributed by atoms with Crippen molar-refractivity contribution in [3.8, 4) is 11.5 Å². The van der Waals surface area contributed by atoms with Crippen LogP contribution in [0.5, 0.6) is 11.5 Å². The molecule has 0 bridgehead atoms. The molecule has 0 spiro atoms. The van der Waals surface area contributed by atoms with E-state index in [-0.39, 0.29) is 18.4 Å². The van der Waals surface area contributed by atoms with Gasteiger partial charge in [-0.05, 0) is 30.8 Å². The second-order valence-corrected chi connectivity index (χ2v) is 4.65. The summed E-state index contributed by atoms with van der Waals surface area (Å²) in [5.74, 6) is 1.52. The Morgan fingerprint density at radius 3 is 2.90 bits per heavy atom. The maximum absolute atomic E-state index is 11.8. The summed E-state index contributed by atoms with van der Waals surface area (Å²) in [6.45, 7) is 0.830. The van der Waals surface area contributed by atoms with E-state index in [1.807, 2.05) is 31.3 Å². The Morgan fingerprint density at radius 1 is 1.25 bits per heavy atom. The number of nitrogens with zero attached hydrogens (tertiary/aromatic N) is 1. The third-order valence-electron chi connectivity index (χ3n) is 3.43. The summed E-state index contributed by atoms with van der Waals surface area (Å²) in [4.78, 5) is 11.8. The quantitative estimate of drug-likeness (QED) is 0.917. The SMILES string of the molecule is CNC(Cn1ccccc1=O)c1ccc2c(c1)OCO2. The summed E-state index contributed by atoms with van der Waals surface area (Å²) in [7, 11) is 1.88. The van der Waals surface area contributed by atoms with Crippen LogP contribution in [0.1, 0.15) is 11.6 Å². The van der Waals surface area contributed by atoms with Gasteiger partial charge in [0.2, 0.25) is 6.79 Å². The third kappa shape index (κ3) is 2.40. The molecule has 0 radical (unpaired) electrons. The highest BCUT2D eigenvalue weighted by molar-refractivity contribution is 5.45. The first-order chi connectivity index (χ1) is 9.78. The van der Waals surface area contributed by atoms with Crippen molar-refractivity contribution in [2.75, 3.05) is 13.8 Å². The van der Waals surface area contributed by atoms with Crippen LogP contribution in [-0.2, 0) is 6.54 Å². The number of fused-ring (bicyclic) bond motifs is 1. The zero-order chi connectivity index (χ0) is 13.9. The molecule has 2 heterocycles. The highest BCUT2D eigenvalue weighted by atomic mass is 16.7. The molecule has 1 atom stereocenters. The van der Waals surface area contributed by atoms with E-state index in [0.717, 1.165) is 17.1 Å². The Balaban J connectivity index is 1.87. The number of nitrogens with one attached hydrogen (secondary N) is 1. The predicted octanol–water partition coefficient (Wildman–Crippen LogP) is 1.54. The molecule has 0 amide bonds. The number of pyridine rings is 1. The highest BCUT2D eigenvalue weighted by Crippen LogP contribution is 2.34. The van der Waals surface area contributed by atoms with Gasteiger partial charge in [-0.25, -0.2) is 0 Å². The summed E-state index contributed by atoms with van der Waals surface area (Å²) in [5, 5.41) is 3.23. The van der Waals surface area contributed by atoms with Crippen molar-refractivity contribution in [2.24, 2.45) is 0 Å². The molecule has 20 heavy (non-hydrogen) atoms. The summed E-state index contributed by atoms with van der Waals surface area (Å²) < 4.78 is 12.4. The number of ether oxygens (including phenoxy) is 2. The van der Waals surface area contributed by atoms with Crippen LogP contribution < -0.4 is 20.3 Å². The van der Waals surface area contributed by atoms with Crippen LogP contribution in [0.4, 0.5) is 0 Å². The molecule has 0 saturated carbocycles. The van der Waals surface area contributed by atoms with Gasteiger partial charge in [0.05, 0.1) is 6.04 Å². The fourth-order valence-electron chi connectivity index (χ4n) is 2.30. The Bertz CT molecular complexity index is 666. The molecule has 0 fully saturated rings. The molecular formula is C15H16N2O3. The van der Waals surface area contributed by atoms with Gasteiger partial charge in [0.25, 0.3) is 5.56 Å². The second kappa shape index (κ2) is 5.38. The molecule has 0 aliphatic carbocycles. The minimum Gasteiger partial charge on any atom is -0.454 e. The highest BCUT2D eigenvalue weighted by Gasteiger charge is 2.17. The summed E-state index contributed by atoms with van der Waals surface area (Å²) >= 11 is 0. The van der Waals surface area contributed by atoms with E-state index in [9.17, 15) is 4.79 Å². The smallest absolute Gasteiger partial charge is 0.250 e. The van der Waals surface area contributed by atoms with E-state index >= 15 is 0 Å². The number of rotatable bonds is 4. The van der Waals surface area contributed by atoms with E-state index in [0.29, 0.717) is 6.54 Å². The van der Waals surface area contributed by atoms with Gasteiger partial charge in [-0.1, -0.05) is 12.1 Å². The molecule has 104 valence electrons. The molecule has 2 aromatic rings. The lowest BCUT2D eigenvalue weighted by Gasteiger charge is -2.18. The van der Waals surface area contributed by atoms with Gasteiger partial charge in [0, 0.05) is 18.8 Å². The Hall–Kier alpha value is -2.27. The van der Waals surface area contributed by atoms with Crippen LogP contribution in [0.2, 0.25) is 0 Å². The van der Waals surface area contributed by atoms with E-state index in [1.54, 1.807) is 22.9 Å². The van der Waals surface area contributed by atoms with Crippen molar-refractivity contribution < 1.29 is 9.47 Å². The fraction of sp³-hybridized carbons (Fsp3) is 0.267. The van der Waals surface area contributed by atoms with Crippen molar-refractivity contribution in [1.82, 2.24) is 9.88 Å². The Labute approximate surface area is 116 Å². The molecular weight excluding hydrogens is 256 g/mol. The Morgan fingerprint density at radius 2 is 2.10 bits per heavy atom. The average Bonchev–Trinajstić information content (AvgIpc) is 2.94. The summed E-state index contributed by atoms with van der Waals surface area (Å²) in [6, 6.07) is 11.0. The topological polar surface area (TPSA) is 52.5 Å². The molecule has 1 aromatic heterocycles. The maximum Gasteiger partial charge on any atom is 0.250 e. The predicted molar refractivity (Wildman–Crippen MR) is 75.1 cm³/mol. The van der Waals surface area contributed by atoms with E-state index in [2.05, 4.69) is 5.32 Å². The fourth-order valence-corrected chi connectivity index (χ4v) is 2.30. The van der Waals surface area contributed by atoms with Gasteiger partial charge in [-0.3, -0.25) is 4.79 Å². The maximum atomic E-state index is 11.8. The third-order valence-corrected chi connectivity index (χ3v) is 3.43. The average molecular weight is 272 g/mol. The van der Waals surface area contributed by atoms with Crippen LogP contribution >= 0.6 is 0 Å². The molecule has 1 N–H and O–H groups in total. The first kappa shape index (κ1) is 12.7. The van der Waals surface area contributed by atoms with Gasteiger partial charge >= 0.3 is 0 Å². The van der Waals surface area contributed by atoms with Crippen LogP contribution in [0.3, 0.4) is 0 Å². The Kier molecular flexibility index (Phi) is 3.43. The monoisotopic (exact) mass is 272 g/mol. The molecule has 1 unspecified atom stereocenters. The first-order valence-corrected chi connectivity index (χ1v) is 6.50. The second-order valence-electron chi connectivity index (χ2n) is 4.65. The molecule has 1 aromatic carbocycles. The van der Waals surface area contributed by atoms with Crippen LogP contribution in [0.25, 0.3) is 0 Å². The molecule has 1 aliphatic heterocycles. The van der Waals surface area contributed by atoms with Crippen molar-refractivity contribution in [3.05, 3.63) is 58.5 Å². The minimum atomic E-state index is -0.00602. The summed E-state index contributed by atoms with van der Waals surface area (Å²) in [5.41, 5.74) is 1.06. The van der Waals surface area contributed by atoms with E-state index < -0.39 is 0 Å². The number of hydrogen-bond acceptors (Lipinski definition) is 4. The van der Waals surface area contributed by atoms with Gasteiger partial charge in [-0.2, -0.15) is 0 Å². The standard InChI is InChI=1S/C15H16N2O3/c1-16-12(9-17-7-3-2-4-15(17)18)11-5-6-13-14(8-11)20-10-19-13/h2-8,12,16H,9-10H2,1H3. The van der Waals surface area contributed by atoms with Crippen LogP contribution in [0, 0.1) is 0 Å². The van der Waals surface area contributed by atoms with Gasteiger partial charge in [0.1, 0.15) is 0 Å². The normalized spacial score (nSPS) is 14.2. The van der Waals surface area contributed by atoms with E-state index in [1.165, 1.54) is 0 Å². The molecule has 5 nitrogen and oxygen atoms in total. The van der Waals surface area contributed by atoms with Crippen molar-refractivity contribution >= 4 is 0 Å². The van der Waals surface area contributed by atoms with Gasteiger partial charge in [-0.15, -0.1) is 0 Å². The molecule has 0 saturated heterocycles. The number of aromatic nitrogens is 1. The number of hydrogen-bond donors (Lipinski definition) is 1. The molecule has 3 rings (SSSR count). The first-order valence-electron chi connectivity index (χ1n) is 6.50. The zero-order valence-corrected chi connectivity index (χ0v) is 11.2. The van der Waals surface area contributed by atoms with Gasteiger partial charge < -0.3 is 19.4 Å². The van der Waals surface area contributed by atoms with Crippen LogP contribution in [0.15, 0.2) is 47.4 Å². The lowest BCUT2D eigenvalue weighted by molar-refractivity contribution is 0.174. The zero-order valence-electron chi connectivity index (χ0n) is 11.2. The number of likely N-dealkylation sites (N-methyl/N-ethyl adjacent to an activating group) is 1. The van der Waals surface area contributed by atoms with Gasteiger partial charge in [0.15, 0.2) is 11.5 Å². The summed E-state index contributed by atoms with van der Waals surface area (Å²) in [6.07, 6.45) is 1.79. The van der Waals surface area contributed by atoms with E-state index in [4.69, 9.17) is 9.47 Å². The lowest BCUT2D eigenvalue weighted by atomic mass is 10.1. The largest absolute Gasteiger partial charge is 0.454 e. The minimum absolute atomic E-state index is 0.00602. The van der Waals surface area contributed by atoms with Crippen molar-refractivity contribution in [2.45, 2.75) is 12.6 Å².